The van der Waals surface area contributed by atoms with Crippen LogP contribution in [0.1, 0.15) is 20.3 Å². The molecule has 1 aliphatic rings. The monoisotopic (exact) mass is 348 g/mol. The van der Waals surface area contributed by atoms with Gasteiger partial charge in [-0.1, -0.05) is 19.1 Å². The molecule has 138 valence electrons. The number of phenolic OH excluding ortho intramolecular Hbond substituents is 1. The Labute approximate surface area is 149 Å². The fourth-order valence-electron chi connectivity index (χ4n) is 2.84. The van der Waals surface area contributed by atoms with Gasteiger partial charge in [-0.3, -0.25) is 14.5 Å². The van der Waals surface area contributed by atoms with Crippen LogP contribution < -0.4 is 15.5 Å². The predicted octanol–water partition coefficient (Wildman–Crippen LogP) is 0.545. The second-order valence-corrected chi connectivity index (χ2v) is 6.33. The Morgan fingerprint density at radius 2 is 1.88 bits per heavy atom. The topological polar surface area (TPSA) is 84.9 Å². The van der Waals surface area contributed by atoms with Crippen LogP contribution in [0.25, 0.3) is 0 Å². The molecule has 0 saturated carbocycles. The van der Waals surface area contributed by atoms with E-state index in [0.717, 1.165) is 38.3 Å². The third kappa shape index (κ3) is 5.63. The molecule has 25 heavy (non-hydrogen) atoms. The van der Waals surface area contributed by atoms with Gasteiger partial charge < -0.3 is 20.6 Å². The van der Waals surface area contributed by atoms with Crippen LogP contribution in [0, 0.1) is 0 Å². The molecule has 1 fully saturated rings. The summed E-state index contributed by atoms with van der Waals surface area (Å²) in [5.41, 5.74) is 0.827. The van der Waals surface area contributed by atoms with Crippen LogP contribution in [0.15, 0.2) is 24.3 Å². The number of carbonyl (C=O) groups excluding carboxylic acids is 2. The average Bonchev–Trinajstić information content (AvgIpc) is 2.60. The van der Waals surface area contributed by atoms with Crippen molar-refractivity contribution in [2.75, 3.05) is 44.2 Å². The van der Waals surface area contributed by atoms with Crippen LogP contribution in [-0.2, 0) is 9.59 Å². The first kappa shape index (κ1) is 19.1. The summed E-state index contributed by atoms with van der Waals surface area (Å²) in [5, 5.41) is 15.4. The molecule has 3 N–H and O–H groups in total. The number of phenols is 1. The number of anilines is 1. The standard InChI is InChI=1S/C18H28N4O3/c1-3-8-19-18(25)14(2)20-17(24)13-21-9-11-22(12-10-21)15-6-4-5-7-16(15)23/h4-7,14,23H,3,8-13H2,1-2H3,(H,19,25)(H,20,24). The summed E-state index contributed by atoms with van der Waals surface area (Å²) in [6.07, 6.45) is 0.869. The van der Waals surface area contributed by atoms with E-state index in [-0.39, 0.29) is 24.1 Å². The van der Waals surface area contributed by atoms with E-state index in [2.05, 4.69) is 20.4 Å². The lowest BCUT2D eigenvalue weighted by molar-refractivity contribution is -0.129. The van der Waals surface area contributed by atoms with Crippen molar-refractivity contribution in [3.63, 3.8) is 0 Å². The van der Waals surface area contributed by atoms with Crippen molar-refractivity contribution >= 4 is 17.5 Å². The van der Waals surface area contributed by atoms with Gasteiger partial charge in [0.1, 0.15) is 11.8 Å². The minimum atomic E-state index is -0.526. The molecule has 0 radical (unpaired) electrons. The Morgan fingerprint density at radius 3 is 2.52 bits per heavy atom. The average molecular weight is 348 g/mol. The van der Waals surface area contributed by atoms with Crippen molar-refractivity contribution in [2.45, 2.75) is 26.3 Å². The predicted molar refractivity (Wildman–Crippen MR) is 97.7 cm³/mol. The normalized spacial score (nSPS) is 16.3. The zero-order valence-corrected chi connectivity index (χ0v) is 15.0. The van der Waals surface area contributed by atoms with E-state index in [1.807, 2.05) is 19.1 Å². The lowest BCUT2D eigenvalue weighted by Gasteiger charge is -2.36. The number of para-hydroxylation sites is 2. The smallest absolute Gasteiger partial charge is 0.242 e. The van der Waals surface area contributed by atoms with Gasteiger partial charge in [0, 0.05) is 32.7 Å². The SMILES string of the molecule is CCCNC(=O)C(C)NC(=O)CN1CCN(c2ccccc2O)CC1. The summed E-state index contributed by atoms with van der Waals surface area (Å²) in [6.45, 7) is 7.54. The van der Waals surface area contributed by atoms with Crippen molar-refractivity contribution in [1.29, 1.82) is 0 Å². The summed E-state index contributed by atoms with van der Waals surface area (Å²) < 4.78 is 0. The van der Waals surface area contributed by atoms with Gasteiger partial charge in [-0.15, -0.1) is 0 Å². The molecule has 1 aromatic rings. The number of amides is 2. The van der Waals surface area contributed by atoms with Crippen LogP contribution in [0.5, 0.6) is 5.75 Å². The molecule has 1 aliphatic heterocycles. The summed E-state index contributed by atoms with van der Waals surface area (Å²) in [4.78, 5) is 28.1. The molecule has 1 unspecified atom stereocenters. The first-order chi connectivity index (χ1) is 12.0. The Bertz CT molecular complexity index is 585. The molecular weight excluding hydrogens is 320 g/mol. The molecule has 0 aromatic heterocycles. The van der Waals surface area contributed by atoms with Gasteiger partial charge in [0.2, 0.25) is 11.8 Å². The van der Waals surface area contributed by atoms with E-state index in [1.165, 1.54) is 0 Å². The van der Waals surface area contributed by atoms with Crippen molar-refractivity contribution in [2.24, 2.45) is 0 Å². The number of carbonyl (C=O) groups is 2. The quantitative estimate of drug-likeness (QED) is 0.670. The number of aromatic hydroxyl groups is 1. The molecule has 1 aromatic carbocycles. The lowest BCUT2D eigenvalue weighted by Crippen LogP contribution is -2.52. The van der Waals surface area contributed by atoms with Crippen LogP contribution in [0.4, 0.5) is 5.69 Å². The zero-order chi connectivity index (χ0) is 18.2. The summed E-state index contributed by atoms with van der Waals surface area (Å²) in [5.74, 6) is -0.0182. The minimum Gasteiger partial charge on any atom is -0.506 e. The fraction of sp³-hybridized carbons (Fsp3) is 0.556. The van der Waals surface area contributed by atoms with E-state index < -0.39 is 6.04 Å². The van der Waals surface area contributed by atoms with Crippen molar-refractivity contribution in [3.05, 3.63) is 24.3 Å². The Kier molecular flexibility index (Phi) is 7.06. The fourth-order valence-corrected chi connectivity index (χ4v) is 2.84. The number of hydrogen-bond donors (Lipinski definition) is 3. The lowest BCUT2D eigenvalue weighted by atomic mass is 10.2. The highest BCUT2D eigenvalue weighted by molar-refractivity contribution is 5.87. The molecule has 2 amide bonds. The maximum Gasteiger partial charge on any atom is 0.242 e. The Morgan fingerprint density at radius 1 is 1.20 bits per heavy atom. The van der Waals surface area contributed by atoms with Crippen LogP contribution in [-0.4, -0.2) is 67.1 Å². The molecule has 0 spiro atoms. The number of nitrogens with one attached hydrogen (secondary N) is 2. The van der Waals surface area contributed by atoms with Crippen LogP contribution in [0.2, 0.25) is 0 Å². The Hall–Kier alpha value is -2.28. The maximum atomic E-state index is 12.1. The van der Waals surface area contributed by atoms with E-state index in [0.29, 0.717) is 6.54 Å². The molecule has 2 rings (SSSR count). The molecule has 1 saturated heterocycles. The molecular formula is C18H28N4O3. The third-order valence-electron chi connectivity index (χ3n) is 4.28. The largest absolute Gasteiger partial charge is 0.506 e. The molecule has 7 heteroatoms. The molecule has 7 nitrogen and oxygen atoms in total. The minimum absolute atomic E-state index is 0.143. The summed E-state index contributed by atoms with van der Waals surface area (Å²) >= 11 is 0. The highest BCUT2D eigenvalue weighted by atomic mass is 16.3. The molecule has 0 aliphatic carbocycles. The zero-order valence-electron chi connectivity index (χ0n) is 15.0. The van der Waals surface area contributed by atoms with Gasteiger partial charge >= 0.3 is 0 Å². The number of benzene rings is 1. The number of nitrogens with zero attached hydrogens (tertiary/aromatic N) is 2. The van der Waals surface area contributed by atoms with Crippen molar-refractivity contribution in [3.8, 4) is 5.75 Å². The van der Waals surface area contributed by atoms with Gasteiger partial charge in [-0.25, -0.2) is 0 Å². The van der Waals surface area contributed by atoms with Gasteiger partial charge in [0.15, 0.2) is 0 Å². The highest BCUT2D eigenvalue weighted by Crippen LogP contribution is 2.27. The first-order valence-corrected chi connectivity index (χ1v) is 8.83. The highest BCUT2D eigenvalue weighted by Gasteiger charge is 2.22. The van der Waals surface area contributed by atoms with Gasteiger partial charge in [-0.05, 0) is 25.5 Å². The Balaban J connectivity index is 1.75. The first-order valence-electron chi connectivity index (χ1n) is 8.83. The van der Waals surface area contributed by atoms with Crippen LogP contribution >= 0.6 is 0 Å². The van der Waals surface area contributed by atoms with Gasteiger partial charge in [-0.2, -0.15) is 0 Å². The third-order valence-corrected chi connectivity index (χ3v) is 4.28. The second-order valence-electron chi connectivity index (χ2n) is 6.33. The maximum absolute atomic E-state index is 12.1. The molecule has 0 bridgehead atoms. The molecule has 1 atom stereocenters. The number of rotatable bonds is 7. The number of hydrogen-bond acceptors (Lipinski definition) is 5. The molecule has 1 heterocycles. The van der Waals surface area contributed by atoms with E-state index in [4.69, 9.17) is 0 Å². The van der Waals surface area contributed by atoms with E-state index in [9.17, 15) is 14.7 Å². The summed E-state index contributed by atoms with van der Waals surface area (Å²) in [6, 6.07) is 6.76. The van der Waals surface area contributed by atoms with Gasteiger partial charge in [0.05, 0.1) is 12.2 Å². The number of piperazine rings is 1. The van der Waals surface area contributed by atoms with Gasteiger partial charge in [0.25, 0.3) is 0 Å². The van der Waals surface area contributed by atoms with Crippen LogP contribution in [0.3, 0.4) is 0 Å². The van der Waals surface area contributed by atoms with Crippen molar-refractivity contribution < 1.29 is 14.7 Å². The van der Waals surface area contributed by atoms with Crippen molar-refractivity contribution in [1.82, 2.24) is 15.5 Å². The summed E-state index contributed by atoms with van der Waals surface area (Å²) in [7, 11) is 0. The van der Waals surface area contributed by atoms with E-state index in [1.54, 1.807) is 19.1 Å². The second kappa shape index (κ2) is 9.27. The van der Waals surface area contributed by atoms with E-state index >= 15 is 0 Å².